The molecule has 0 spiro atoms. The Hall–Kier alpha value is -2.74. The van der Waals surface area contributed by atoms with Crippen molar-refractivity contribution in [3.8, 4) is 11.5 Å². The molecule has 1 unspecified atom stereocenters. The fraction of sp³-hybridized carbons (Fsp3) is 0.409. The van der Waals surface area contributed by atoms with Gasteiger partial charge in [0.2, 0.25) is 0 Å². The Kier molecular flexibility index (Phi) is 7.20. The van der Waals surface area contributed by atoms with Gasteiger partial charge in [0.25, 0.3) is 5.91 Å². The quantitative estimate of drug-likeness (QED) is 0.698. The van der Waals surface area contributed by atoms with E-state index in [9.17, 15) is 18.0 Å². The molecular weight excluding hydrogens is 397 g/mol. The zero-order valence-corrected chi connectivity index (χ0v) is 16.7. The minimum atomic E-state index is -4.54. The third-order valence-corrected chi connectivity index (χ3v) is 5.10. The van der Waals surface area contributed by atoms with E-state index in [-0.39, 0.29) is 11.8 Å². The number of nitrogens with one attached hydrogen (secondary N) is 1. The molecular formula is C22H25F3N2O3. The van der Waals surface area contributed by atoms with Gasteiger partial charge >= 0.3 is 6.18 Å². The highest BCUT2D eigenvalue weighted by Crippen LogP contribution is 2.35. The summed E-state index contributed by atoms with van der Waals surface area (Å²) in [4.78, 5) is 14.6. The van der Waals surface area contributed by atoms with Crippen molar-refractivity contribution in [1.82, 2.24) is 10.2 Å². The molecule has 0 radical (unpaired) electrons. The van der Waals surface area contributed by atoms with E-state index in [2.05, 4.69) is 10.2 Å². The van der Waals surface area contributed by atoms with Crippen LogP contribution in [0.5, 0.6) is 11.5 Å². The molecule has 2 aromatic rings. The molecule has 1 heterocycles. The van der Waals surface area contributed by atoms with Gasteiger partial charge in [0, 0.05) is 6.54 Å². The Bertz CT molecular complexity index is 852. The predicted molar refractivity (Wildman–Crippen MR) is 106 cm³/mol. The number of hydrogen-bond donors (Lipinski definition) is 1. The maximum absolute atomic E-state index is 13.1. The van der Waals surface area contributed by atoms with E-state index in [4.69, 9.17) is 9.47 Å². The molecule has 3 rings (SSSR count). The number of likely N-dealkylation sites (tertiary alicyclic amines) is 1. The summed E-state index contributed by atoms with van der Waals surface area (Å²) < 4.78 is 49.6. The molecule has 1 aliphatic heterocycles. The Morgan fingerprint density at radius 2 is 1.87 bits per heavy atom. The van der Waals surface area contributed by atoms with E-state index in [1.54, 1.807) is 7.11 Å². The Morgan fingerprint density at radius 1 is 1.13 bits per heavy atom. The summed E-state index contributed by atoms with van der Waals surface area (Å²) >= 11 is 0. The molecule has 0 saturated carbocycles. The van der Waals surface area contributed by atoms with Crippen LogP contribution >= 0.6 is 0 Å². The molecule has 0 bridgehead atoms. The first kappa shape index (κ1) is 22.0. The van der Waals surface area contributed by atoms with E-state index in [0.29, 0.717) is 6.54 Å². The molecule has 1 amide bonds. The Balaban J connectivity index is 1.62. The lowest BCUT2D eigenvalue weighted by Crippen LogP contribution is -2.38. The van der Waals surface area contributed by atoms with Crippen LogP contribution in [-0.4, -0.2) is 44.2 Å². The predicted octanol–water partition coefficient (Wildman–Crippen LogP) is 4.05. The number of para-hydroxylation sites is 1. The number of carbonyl (C=O) groups is 1. The number of hydrogen-bond acceptors (Lipinski definition) is 4. The molecule has 0 aliphatic carbocycles. The van der Waals surface area contributed by atoms with E-state index < -0.39 is 24.3 Å². The van der Waals surface area contributed by atoms with Crippen LogP contribution < -0.4 is 14.8 Å². The highest BCUT2D eigenvalue weighted by molar-refractivity contribution is 5.77. The van der Waals surface area contributed by atoms with Gasteiger partial charge in [-0.2, -0.15) is 13.2 Å². The van der Waals surface area contributed by atoms with Crippen LogP contribution in [0.15, 0.2) is 48.5 Å². The first-order valence-corrected chi connectivity index (χ1v) is 9.82. The van der Waals surface area contributed by atoms with Crippen LogP contribution in [0, 0.1) is 0 Å². The molecule has 1 N–H and O–H groups in total. The van der Waals surface area contributed by atoms with Crippen molar-refractivity contribution in [3.05, 3.63) is 59.7 Å². The highest BCUT2D eigenvalue weighted by Gasteiger charge is 2.34. The Labute approximate surface area is 173 Å². The van der Waals surface area contributed by atoms with Crippen LogP contribution in [0.1, 0.15) is 30.0 Å². The van der Waals surface area contributed by atoms with Crippen molar-refractivity contribution in [1.29, 1.82) is 0 Å². The van der Waals surface area contributed by atoms with E-state index in [1.165, 1.54) is 18.2 Å². The largest absolute Gasteiger partial charge is 0.497 e. The first-order chi connectivity index (χ1) is 14.4. The number of nitrogens with zero attached hydrogens (tertiary/aromatic N) is 1. The van der Waals surface area contributed by atoms with E-state index in [0.717, 1.165) is 43.3 Å². The van der Waals surface area contributed by atoms with Gasteiger partial charge in [-0.25, -0.2) is 0 Å². The molecule has 2 aromatic carbocycles. The normalized spacial score (nSPS) is 15.6. The second kappa shape index (κ2) is 9.84. The molecule has 162 valence electrons. The van der Waals surface area contributed by atoms with Crippen LogP contribution in [0.25, 0.3) is 0 Å². The van der Waals surface area contributed by atoms with Crippen molar-refractivity contribution >= 4 is 5.91 Å². The second-order valence-corrected chi connectivity index (χ2v) is 7.12. The first-order valence-electron chi connectivity index (χ1n) is 9.82. The Morgan fingerprint density at radius 3 is 2.57 bits per heavy atom. The standard InChI is InChI=1S/C22H25F3N2O3/c1-29-17-8-6-7-16(13-17)19(27-11-4-5-12-27)14-26-21(28)15-30-20-10-3-2-9-18(20)22(23,24)25/h2-3,6-10,13,19H,4-5,11-12,14-15H2,1H3,(H,26,28). The van der Waals surface area contributed by atoms with Gasteiger partial charge in [0.15, 0.2) is 6.61 Å². The monoisotopic (exact) mass is 422 g/mol. The van der Waals surface area contributed by atoms with E-state index in [1.807, 2.05) is 24.3 Å². The summed E-state index contributed by atoms with van der Waals surface area (Å²) in [6.45, 7) is 1.69. The van der Waals surface area contributed by atoms with Gasteiger partial charge in [0.1, 0.15) is 11.5 Å². The third-order valence-electron chi connectivity index (χ3n) is 5.10. The average Bonchev–Trinajstić information content (AvgIpc) is 3.26. The maximum Gasteiger partial charge on any atom is 0.419 e. The lowest BCUT2D eigenvalue weighted by molar-refractivity contribution is -0.139. The van der Waals surface area contributed by atoms with Gasteiger partial charge < -0.3 is 14.8 Å². The van der Waals surface area contributed by atoms with E-state index >= 15 is 0 Å². The zero-order chi connectivity index (χ0) is 21.6. The minimum absolute atomic E-state index is 0.0472. The molecule has 1 atom stereocenters. The van der Waals surface area contributed by atoms with Gasteiger partial charge in [-0.3, -0.25) is 9.69 Å². The highest BCUT2D eigenvalue weighted by atomic mass is 19.4. The number of halogens is 3. The maximum atomic E-state index is 13.1. The van der Waals surface area contributed by atoms with Crippen LogP contribution in [0.4, 0.5) is 13.2 Å². The summed E-state index contributed by atoms with van der Waals surface area (Å²) in [7, 11) is 1.60. The summed E-state index contributed by atoms with van der Waals surface area (Å²) in [6, 6.07) is 12.5. The van der Waals surface area contributed by atoms with Crippen LogP contribution in [-0.2, 0) is 11.0 Å². The summed E-state index contributed by atoms with van der Waals surface area (Å²) in [5.41, 5.74) is 0.115. The number of benzene rings is 2. The smallest absolute Gasteiger partial charge is 0.419 e. The summed E-state index contributed by atoms with van der Waals surface area (Å²) in [6.07, 6.45) is -2.36. The number of amides is 1. The van der Waals surface area contributed by atoms with Crippen molar-refractivity contribution in [2.24, 2.45) is 0 Å². The molecule has 1 aliphatic rings. The summed E-state index contributed by atoms with van der Waals surface area (Å²) in [5.74, 6) is -0.0989. The number of carbonyl (C=O) groups excluding carboxylic acids is 1. The second-order valence-electron chi connectivity index (χ2n) is 7.12. The van der Waals surface area contributed by atoms with Crippen molar-refractivity contribution in [3.63, 3.8) is 0 Å². The van der Waals surface area contributed by atoms with Crippen molar-refractivity contribution < 1.29 is 27.4 Å². The molecule has 1 fully saturated rings. The molecule has 30 heavy (non-hydrogen) atoms. The molecule has 1 saturated heterocycles. The van der Waals surface area contributed by atoms with Gasteiger partial charge in [-0.1, -0.05) is 24.3 Å². The minimum Gasteiger partial charge on any atom is -0.497 e. The third kappa shape index (κ3) is 5.66. The molecule has 8 heteroatoms. The number of ether oxygens (including phenoxy) is 2. The molecule has 0 aromatic heterocycles. The van der Waals surface area contributed by atoms with Crippen molar-refractivity contribution in [2.45, 2.75) is 25.1 Å². The zero-order valence-electron chi connectivity index (χ0n) is 16.7. The SMILES string of the molecule is COc1cccc(C(CNC(=O)COc2ccccc2C(F)(F)F)N2CCCC2)c1. The average molecular weight is 422 g/mol. The van der Waals surface area contributed by atoms with Crippen LogP contribution in [0.2, 0.25) is 0 Å². The number of rotatable bonds is 8. The lowest BCUT2D eigenvalue weighted by atomic mass is 10.0. The fourth-order valence-corrected chi connectivity index (χ4v) is 3.59. The van der Waals surface area contributed by atoms with Gasteiger partial charge in [-0.05, 0) is 55.8 Å². The fourth-order valence-electron chi connectivity index (χ4n) is 3.59. The summed E-state index contributed by atoms with van der Waals surface area (Å²) in [5, 5.41) is 2.80. The number of methoxy groups -OCH3 is 1. The van der Waals surface area contributed by atoms with Crippen molar-refractivity contribution in [2.75, 3.05) is 33.4 Å². The van der Waals surface area contributed by atoms with Crippen LogP contribution in [0.3, 0.4) is 0 Å². The number of alkyl halides is 3. The topological polar surface area (TPSA) is 50.8 Å². The van der Waals surface area contributed by atoms with Gasteiger partial charge in [-0.15, -0.1) is 0 Å². The lowest BCUT2D eigenvalue weighted by Gasteiger charge is -2.28. The van der Waals surface area contributed by atoms with Gasteiger partial charge in [0.05, 0.1) is 18.7 Å². The molecule has 5 nitrogen and oxygen atoms in total.